The van der Waals surface area contributed by atoms with Gasteiger partial charge in [-0.15, -0.1) is 35.3 Å². The molecule has 30 heavy (non-hydrogen) atoms. The Morgan fingerprint density at radius 1 is 1.17 bits per heavy atom. The molecule has 0 fully saturated rings. The fourth-order valence-corrected chi connectivity index (χ4v) is 4.16. The van der Waals surface area contributed by atoms with Gasteiger partial charge in [0.2, 0.25) is 5.91 Å². The molecule has 0 saturated carbocycles. The van der Waals surface area contributed by atoms with Crippen LogP contribution in [0.2, 0.25) is 0 Å². The van der Waals surface area contributed by atoms with Crippen LogP contribution in [0, 0.1) is 0 Å². The van der Waals surface area contributed by atoms with E-state index >= 15 is 0 Å². The van der Waals surface area contributed by atoms with Gasteiger partial charge in [0.25, 0.3) is 0 Å². The average Bonchev–Trinajstić information content (AvgIpc) is 3.23. The largest absolute Gasteiger partial charge is 0.356 e. The number of benzene rings is 2. The van der Waals surface area contributed by atoms with E-state index in [9.17, 15) is 4.79 Å². The Bertz CT molecular complexity index is 1020. The van der Waals surface area contributed by atoms with Crippen molar-refractivity contribution in [1.82, 2.24) is 15.6 Å². The van der Waals surface area contributed by atoms with Crippen molar-refractivity contribution in [2.45, 2.75) is 18.9 Å². The molecule has 1 aliphatic heterocycles. The maximum absolute atomic E-state index is 12.0. The van der Waals surface area contributed by atoms with Crippen molar-refractivity contribution in [3.8, 4) is 11.3 Å². The fraction of sp³-hybridized carbons (Fsp3) is 0.227. The second-order valence-corrected chi connectivity index (χ2v) is 7.78. The molecule has 1 amide bonds. The van der Waals surface area contributed by atoms with Crippen molar-refractivity contribution in [2.24, 2.45) is 4.99 Å². The number of aromatic nitrogens is 1. The predicted octanol–water partition coefficient (Wildman–Crippen LogP) is 4.22. The van der Waals surface area contributed by atoms with Crippen LogP contribution in [0.3, 0.4) is 0 Å². The number of anilines is 1. The van der Waals surface area contributed by atoms with Gasteiger partial charge < -0.3 is 16.0 Å². The van der Waals surface area contributed by atoms with E-state index in [4.69, 9.17) is 4.98 Å². The Morgan fingerprint density at radius 3 is 2.73 bits per heavy atom. The minimum atomic E-state index is 0. The molecule has 6 nitrogen and oxygen atoms in total. The molecule has 3 N–H and O–H groups in total. The smallest absolute Gasteiger partial charge is 0.225 e. The number of hydrogen-bond acceptors (Lipinski definition) is 4. The van der Waals surface area contributed by atoms with Gasteiger partial charge in [0.05, 0.1) is 12.2 Å². The van der Waals surface area contributed by atoms with E-state index in [2.05, 4.69) is 44.5 Å². The molecule has 0 aliphatic carbocycles. The molecular weight excluding hydrogens is 509 g/mol. The maximum Gasteiger partial charge on any atom is 0.225 e. The van der Waals surface area contributed by atoms with Crippen LogP contribution in [0.15, 0.2) is 65.0 Å². The van der Waals surface area contributed by atoms with Crippen LogP contribution in [-0.2, 0) is 11.3 Å². The second kappa shape index (κ2) is 10.5. The lowest BCUT2D eigenvalue weighted by atomic mass is 9.90. The van der Waals surface area contributed by atoms with Gasteiger partial charge in [-0.2, -0.15) is 0 Å². The zero-order valence-corrected chi connectivity index (χ0v) is 19.7. The number of nitrogens with zero attached hydrogens (tertiary/aromatic N) is 2. The summed E-state index contributed by atoms with van der Waals surface area (Å²) in [7, 11) is 1.74. The molecule has 0 bridgehead atoms. The molecule has 1 aromatic heterocycles. The summed E-state index contributed by atoms with van der Waals surface area (Å²) in [6.45, 7) is 1.23. The standard InChI is InChI=1S/C22H23N5OS.HI/c1-23-22(24-12-16-11-20(28)26-18-10-6-5-9-17(16)18)25-13-21-27-19(14-29-21)15-7-3-2-4-8-15;/h2-10,14,16H,11-13H2,1H3,(H,26,28)(H2,23,24,25);1H. The van der Waals surface area contributed by atoms with Gasteiger partial charge in [-0.05, 0) is 11.6 Å². The topological polar surface area (TPSA) is 78.4 Å². The zero-order valence-electron chi connectivity index (χ0n) is 16.6. The summed E-state index contributed by atoms with van der Waals surface area (Å²) in [5.41, 5.74) is 4.16. The normalized spacial score (nSPS) is 15.6. The van der Waals surface area contributed by atoms with E-state index in [0.29, 0.717) is 25.5 Å². The summed E-state index contributed by atoms with van der Waals surface area (Å²) in [4.78, 5) is 21.0. The summed E-state index contributed by atoms with van der Waals surface area (Å²) < 4.78 is 0. The summed E-state index contributed by atoms with van der Waals surface area (Å²) in [5.74, 6) is 0.864. The highest BCUT2D eigenvalue weighted by atomic mass is 127. The zero-order chi connectivity index (χ0) is 20.1. The van der Waals surface area contributed by atoms with Crippen LogP contribution in [0.4, 0.5) is 5.69 Å². The molecule has 1 aliphatic rings. The summed E-state index contributed by atoms with van der Waals surface area (Å²) in [6, 6.07) is 18.1. The minimum absolute atomic E-state index is 0. The molecule has 156 valence electrons. The van der Waals surface area contributed by atoms with Crippen molar-refractivity contribution < 1.29 is 4.79 Å². The number of aliphatic imine (C=N–C) groups is 1. The molecule has 4 rings (SSSR count). The molecule has 0 spiro atoms. The van der Waals surface area contributed by atoms with Gasteiger partial charge in [-0.3, -0.25) is 9.79 Å². The van der Waals surface area contributed by atoms with Crippen molar-refractivity contribution in [3.63, 3.8) is 0 Å². The van der Waals surface area contributed by atoms with Gasteiger partial charge in [0.15, 0.2) is 5.96 Å². The van der Waals surface area contributed by atoms with Crippen LogP contribution < -0.4 is 16.0 Å². The minimum Gasteiger partial charge on any atom is -0.356 e. The number of nitrogens with one attached hydrogen (secondary N) is 3. The van der Waals surface area contributed by atoms with E-state index < -0.39 is 0 Å². The fourth-order valence-electron chi connectivity index (χ4n) is 3.42. The molecule has 8 heteroatoms. The third-order valence-corrected chi connectivity index (χ3v) is 5.72. The Hall–Kier alpha value is -2.46. The van der Waals surface area contributed by atoms with E-state index in [1.807, 2.05) is 36.4 Å². The quantitative estimate of drug-likeness (QED) is 0.261. The lowest BCUT2D eigenvalue weighted by molar-refractivity contribution is -0.116. The SMILES string of the molecule is CN=C(NCc1nc(-c2ccccc2)cs1)NCC1CC(=O)Nc2ccccc21.I. The first kappa shape index (κ1) is 22.2. The molecule has 0 radical (unpaired) electrons. The molecule has 2 heterocycles. The molecule has 0 saturated heterocycles. The third-order valence-electron chi connectivity index (χ3n) is 4.87. The number of halogens is 1. The van der Waals surface area contributed by atoms with Crippen LogP contribution in [0.1, 0.15) is 22.9 Å². The molecule has 1 atom stereocenters. The summed E-state index contributed by atoms with van der Waals surface area (Å²) >= 11 is 1.62. The Balaban J connectivity index is 0.00000256. The van der Waals surface area contributed by atoms with Gasteiger partial charge in [-0.25, -0.2) is 4.98 Å². The predicted molar refractivity (Wildman–Crippen MR) is 134 cm³/mol. The second-order valence-electron chi connectivity index (χ2n) is 6.84. The van der Waals surface area contributed by atoms with E-state index in [1.54, 1.807) is 18.4 Å². The lowest BCUT2D eigenvalue weighted by Gasteiger charge is -2.26. The molecule has 2 aromatic carbocycles. The Kier molecular flexibility index (Phi) is 7.81. The van der Waals surface area contributed by atoms with Crippen molar-refractivity contribution in [1.29, 1.82) is 0 Å². The molecule has 3 aromatic rings. The molecular formula is C22H24IN5OS. The summed E-state index contributed by atoms with van der Waals surface area (Å²) in [5, 5.41) is 12.7. The summed E-state index contributed by atoms with van der Waals surface area (Å²) in [6.07, 6.45) is 0.466. The number of fused-ring (bicyclic) bond motifs is 1. The van der Waals surface area contributed by atoms with E-state index in [-0.39, 0.29) is 35.8 Å². The number of para-hydroxylation sites is 1. The number of hydrogen-bond donors (Lipinski definition) is 3. The Labute approximate surface area is 197 Å². The first-order chi connectivity index (χ1) is 14.2. The van der Waals surface area contributed by atoms with Crippen LogP contribution in [0.5, 0.6) is 0 Å². The highest BCUT2D eigenvalue weighted by Crippen LogP contribution is 2.31. The Morgan fingerprint density at radius 2 is 1.93 bits per heavy atom. The number of rotatable bonds is 5. The average molecular weight is 533 g/mol. The number of guanidine groups is 1. The highest BCUT2D eigenvalue weighted by molar-refractivity contribution is 14.0. The number of thiazole rings is 1. The van der Waals surface area contributed by atoms with Crippen LogP contribution in [-0.4, -0.2) is 30.4 Å². The van der Waals surface area contributed by atoms with Crippen LogP contribution >= 0.6 is 35.3 Å². The first-order valence-electron chi connectivity index (χ1n) is 9.56. The van der Waals surface area contributed by atoms with Crippen LogP contribution in [0.25, 0.3) is 11.3 Å². The number of carbonyl (C=O) groups is 1. The van der Waals surface area contributed by atoms with Gasteiger partial charge in [-0.1, -0.05) is 48.5 Å². The van der Waals surface area contributed by atoms with Gasteiger partial charge >= 0.3 is 0 Å². The maximum atomic E-state index is 12.0. The van der Waals surface area contributed by atoms with E-state index in [1.165, 1.54) is 0 Å². The number of carbonyl (C=O) groups excluding carboxylic acids is 1. The van der Waals surface area contributed by atoms with Gasteiger partial charge in [0, 0.05) is 42.6 Å². The lowest BCUT2D eigenvalue weighted by Crippen LogP contribution is -2.40. The highest BCUT2D eigenvalue weighted by Gasteiger charge is 2.24. The number of amides is 1. The van der Waals surface area contributed by atoms with Crippen molar-refractivity contribution in [2.75, 3.05) is 18.9 Å². The van der Waals surface area contributed by atoms with E-state index in [0.717, 1.165) is 27.5 Å². The van der Waals surface area contributed by atoms with Gasteiger partial charge in [0.1, 0.15) is 5.01 Å². The van der Waals surface area contributed by atoms with Crippen molar-refractivity contribution >= 4 is 52.9 Å². The van der Waals surface area contributed by atoms with Crippen molar-refractivity contribution in [3.05, 3.63) is 70.5 Å². The monoisotopic (exact) mass is 533 g/mol. The first-order valence-corrected chi connectivity index (χ1v) is 10.4. The third kappa shape index (κ3) is 5.37. The molecule has 1 unspecified atom stereocenters.